The van der Waals surface area contributed by atoms with Gasteiger partial charge in [0.2, 0.25) is 12.2 Å². The number of rotatable bonds is 9. The summed E-state index contributed by atoms with van der Waals surface area (Å²) in [5, 5.41) is 39.7. The van der Waals surface area contributed by atoms with E-state index in [-0.39, 0.29) is 50.5 Å². The van der Waals surface area contributed by atoms with Crippen molar-refractivity contribution in [2.24, 2.45) is 9.98 Å². The maximum atomic E-state index is 11.2. The van der Waals surface area contributed by atoms with E-state index in [0.29, 0.717) is 11.5 Å². The number of carbonyl (C=O) groups excluding carboxylic acids is 2. The first-order chi connectivity index (χ1) is 25.4. The number of phenolic OH excluding ortho intramolecular Hbond substituents is 2. The molecule has 0 amide bonds. The quantitative estimate of drug-likeness (QED) is 0.142. The Labute approximate surface area is 348 Å². The van der Waals surface area contributed by atoms with Crippen LogP contribution >= 0.6 is 0 Å². The van der Waals surface area contributed by atoms with Gasteiger partial charge in [-0.1, -0.05) is 108 Å². The fraction of sp³-hybridized carbons (Fsp3) is 0.591. The Morgan fingerprint density at radius 1 is 0.596 bits per heavy atom. The zero-order valence-electron chi connectivity index (χ0n) is 36.1. The summed E-state index contributed by atoms with van der Waals surface area (Å²) in [6.07, 6.45) is 3.76. The van der Waals surface area contributed by atoms with Gasteiger partial charge < -0.3 is 29.9 Å². The minimum absolute atomic E-state index is 0. The molecule has 13 heteroatoms. The molecule has 0 heterocycles. The van der Waals surface area contributed by atoms with E-state index in [2.05, 4.69) is 117 Å². The van der Waals surface area contributed by atoms with Crippen LogP contribution in [0.2, 0.25) is 0 Å². The fourth-order valence-electron chi connectivity index (χ4n) is 6.15. The number of carboxylic acid groups (broad SMARTS) is 2. The second kappa shape index (κ2) is 20.0. The molecule has 319 valence electrons. The molecular formula is C44H64CoN2O10. The van der Waals surface area contributed by atoms with Gasteiger partial charge in [-0.25, -0.2) is 9.59 Å². The van der Waals surface area contributed by atoms with Crippen molar-refractivity contribution in [2.45, 2.75) is 169 Å². The summed E-state index contributed by atoms with van der Waals surface area (Å²) in [5.41, 5.74) is 5.39. The van der Waals surface area contributed by atoms with Gasteiger partial charge in [0.1, 0.15) is 11.5 Å². The maximum Gasteiger partial charge on any atom is 0.349 e. The molecule has 1 aliphatic rings. The van der Waals surface area contributed by atoms with E-state index in [1.54, 1.807) is 0 Å². The van der Waals surface area contributed by atoms with Crippen molar-refractivity contribution in [3.63, 3.8) is 0 Å². The van der Waals surface area contributed by atoms with Gasteiger partial charge in [0.15, 0.2) is 0 Å². The van der Waals surface area contributed by atoms with Gasteiger partial charge in [-0.15, -0.1) is 0 Å². The molecule has 0 aromatic heterocycles. The molecule has 1 saturated carbocycles. The van der Waals surface area contributed by atoms with Gasteiger partial charge in [0.25, 0.3) is 0 Å². The average molecular weight is 840 g/mol. The second-order valence-corrected chi connectivity index (χ2v) is 18.6. The molecule has 4 atom stereocenters. The van der Waals surface area contributed by atoms with Gasteiger partial charge in [-0.2, -0.15) is 0 Å². The molecule has 3 rings (SSSR count). The number of nitrogens with zero attached hydrogens (tertiary/aromatic N) is 2. The zero-order valence-corrected chi connectivity index (χ0v) is 37.1. The number of hydrogen-bond acceptors (Lipinski definition) is 10. The predicted molar refractivity (Wildman–Crippen MR) is 219 cm³/mol. The van der Waals surface area contributed by atoms with Gasteiger partial charge in [-0.3, -0.25) is 19.6 Å². The first-order valence-electron chi connectivity index (χ1n) is 19.1. The topological polar surface area (TPSA) is 192 Å². The van der Waals surface area contributed by atoms with E-state index in [4.69, 9.17) is 20.2 Å². The Bertz CT molecular complexity index is 1680. The summed E-state index contributed by atoms with van der Waals surface area (Å²) < 4.78 is 8.48. The first-order valence-corrected chi connectivity index (χ1v) is 19.1. The third-order valence-electron chi connectivity index (χ3n) is 9.48. The Morgan fingerprint density at radius 2 is 0.895 bits per heavy atom. The summed E-state index contributed by atoms with van der Waals surface area (Å²) >= 11 is 0. The van der Waals surface area contributed by atoms with E-state index in [9.17, 15) is 29.4 Å². The van der Waals surface area contributed by atoms with Crippen LogP contribution in [0.4, 0.5) is 0 Å². The van der Waals surface area contributed by atoms with Gasteiger partial charge >= 0.3 is 23.9 Å². The predicted octanol–water partition coefficient (Wildman–Crippen LogP) is 8.15. The van der Waals surface area contributed by atoms with Crippen LogP contribution in [0, 0.1) is 0 Å². The first kappa shape index (κ1) is 50.8. The van der Waals surface area contributed by atoms with Crippen molar-refractivity contribution in [1.82, 2.24) is 0 Å². The fourth-order valence-corrected chi connectivity index (χ4v) is 6.15. The molecule has 0 bridgehead atoms. The molecule has 0 saturated heterocycles. The Morgan fingerprint density at radius 3 is 1.12 bits per heavy atom. The van der Waals surface area contributed by atoms with Gasteiger partial charge in [-0.05, 0) is 57.8 Å². The largest absolute Gasteiger partial charge is 0.507 e. The number of aromatic hydroxyl groups is 2. The van der Waals surface area contributed by atoms with Crippen LogP contribution in [-0.2, 0) is 67.1 Å². The van der Waals surface area contributed by atoms with E-state index in [0.717, 1.165) is 61.8 Å². The van der Waals surface area contributed by atoms with Crippen molar-refractivity contribution in [1.29, 1.82) is 0 Å². The molecule has 12 nitrogen and oxygen atoms in total. The molecule has 4 N–H and O–H groups in total. The number of aliphatic carboxylic acids is 2. The summed E-state index contributed by atoms with van der Waals surface area (Å²) in [7, 11) is 0. The number of carbonyl (C=O) groups is 4. The Hall–Kier alpha value is -4.23. The van der Waals surface area contributed by atoms with Crippen molar-refractivity contribution < 1.29 is 65.9 Å². The van der Waals surface area contributed by atoms with Crippen LogP contribution in [0.1, 0.15) is 156 Å². The van der Waals surface area contributed by atoms with Crippen LogP contribution in [0.5, 0.6) is 11.5 Å². The van der Waals surface area contributed by atoms with Crippen LogP contribution in [0.3, 0.4) is 0 Å². The summed E-state index contributed by atoms with van der Waals surface area (Å²) in [4.78, 5) is 52.4. The van der Waals surface area contributed by atoms with Gasteiger partial charge in [0.05, 0.1) is 12.1 Å². The molecule has 2 aromatic carbocycles. The van der Waals surface area contributed by atoms with E-state index in [1.165, 1.54) is 11.1 Å². The molecule has 2 aromatic rings. The van der Waals surface area contributed by atoms with Crippen LogP contribution < -0.4 is 0 Å². The second-order valence-electron chi connectivity index (χ2n) is 18.6. The number of carboxylic acids is 2. The average Bonchev–Trinajstić information content (AvgIpc) is 3.03. The molecule has 1 fully saturated rings. The minimum atomic E-state index is -2.07. The Kier molecular flexibility index (Phi) is 17.8. The van der Waals surface area contributed by atoms with Crippen molar-refractivity contribution >= 4 is 36.3 Å². The number of ether oxygens (including phenoxy) is 2. The molecule has 1 radical (unpaired) electrons. The maximum absolute atomic E-state index is 11.2. The van der Waals surface area contributed by atoms with E-state index >= 15 is 0 Å². The number of phenols is 2. The number of benzene rings is 2. The van der Waals surface area contributed by atoms with Crippen LogP contribution in [0.25, 0.3) is 0 Å². The number of esters is 2. The van der Waals surface area contributed by atoms with Crippen LogP contribution in [-0.4, -0.2) is 81.0 Å². The zero-order chi connectivity index (χ0) is 43.1. The molecule has 57 heavy (non-hydrogen) atoms. The molecule has 0 aliphatic heterocycles. The van der Waals surface area contributed by atoms with E-state index in [1.807, 2.05) is 12.4 Å². The minimum Gasteiger partial charge on any atom is -0.507 e. The van der Waals surface area contributed by atoms with E-state index < -0.39 is 36.1 Å². The molecule has 1 aliphatic carbocycles. The van der Waals surface area contributed by atoms with Crippen molar-refractivity contribution in [2.75, 3.05) is 0 Å². The molecule has 0 unspecified atom stereocenters. The van der Waals surface area contributed by atoms with Gasteiger partial charge in [0, 0.05) is 65.3 Å². The third kappa shape index (κ3) is 14.9. The molecular weight excluding hydrogens is 775 g/mol. The van der Waals surface area contributed by atoms with Crippen LogP contribution in [0.15, 0.2) is 34.3 Å². The normalized spacial score (nSPS) is 17.5. The van der Waals surface area contributed by atoms with Crippen molar-refractivity contribution in [3.05, 3.63) is 57.6 Å². The standard InChI is InChI=1S/C36H54N2O2.C8H10O8.Co/c1-33(2,3)25-17-23(31(39)27(19-25)35(7,8)9)21-37-29-15-13-14-16-30(29)38-22-24-18-26(34(4,5)6)20-28(32(24)40)36(10,11)12;1-3(9)15-5(7(11)12)6(8(13)14)16-4(2)10;/h17-22,29-30,39-40H,13-16H2,1-12H3;5-6H,1-2H3,(H,11,12)(H,13,14);/t29-,30-;5-,6-;/m11./s1. The summed E-state index contributed by atoms with van der Waals surface area (Å²) in [5.74, 6) is -4.79. The monoisotopic (exact) mass is 839 g/mol. The third-order valence-corrected chi connectivity index (χ3v) is 9.48. The van der Waals surface area contributed by atoms with Crippen molar-refractivity contribution in [3.8, 4) is 11.5 Å². The number of aliphatic imine (C=N–C) groups is 2. The Balaban J connectivity index is 0.000000808. The molecule has 0 spiro atoms. The summed E-state index contributed by atoms with van der Waals surface area (Å²) in [6, 6.07) is 8.53. The summed E-state index contributed by atoms with van der Waals surface area (Å²) in [6.45, 7) is 27.8. The SMILES string of the molecule is CC(=O)O[C@@H](C(=O)O)[C@@H](OC(C)=O)C(=O)O.CC(C)(C)c1cc(C=N[C@@H]2CCCC[C@H]2N=Cc2cc(C(C)(C)C)cc(C(C)(C)C)c2O)c(O)c(C(C)(C)C)c1.[Co]. The number of hydrogen-bond donors (Lipinski definition) is 4. The smallest absolute Gasteiger partial charge is 0.349 e.